The summed E-state index contributed by atoms with van der Waals surface area (Å²) in [6.07, 6.45) is 0. The van der Waals surface area contributed by atoms with Crippen LogP contribution in [0.15, 0.2) is 29.8 Å². The predicted molar refractivity (Wildman–Crippen MR) is 58.7 cm³/mol. The van der Waals surface area contributed by atoms with Crippen molar-refractivity contribution in [1.29, 1.82) is 0 Å². The van der Waals surface area contributed by atoms with Gasteiger partial charge in [0.25, 0.3) is 0 Å². The maximum Gasteiger partial charge on any atom is 0.372 e. The molecular formula is C11H12NO2S+. The van der Waals surface area contributed by atoms with Gasteiger partial charge in [-0.2, -0.15) is 4.57 Å². The van der Waals surface area contributed by atoms with Crippen LogP contribution in [-0.2, 0) is 16.1 Å². The fourth-order valence-electron chi connectivity index (χ4n) is 1.44. The number of hydrogen-bond donors (Lipinski definition) is 0. The van der Waals surface area contributed by atoms with Gasteiger partial charge in [-0.05, 0) is 13.0 Å². The van der Waals surface area contributed by atoms with Crippen molar-refractivity contribution in [3.05, 3.63) is 29.8 Å². The highest BCUT2D eigenvalue weighted by Gasteiger charge is 2.15. The van der Waals surface area contributed by atoms with Crippen molar-refractivity contribution in [3.8, 4) is 0 Å². The molecule has 0 unspecified atom stereocenters. The smallest absolute Gasteiger partial charge is 0.372 e. The zero-order chi connectivity index (χ0) is 10.7. The minimum atomic E-state index is -0.189. The maximum atomic E-state index is 11.3. The predicted octanol–water partition coefficient (Wildman–Crippen LogP) is 1.75. The molecule has 0 aliphatic carbocycles. The Kier molecular flexibility index (Phi) is 2.97. The first-order valence-electron chi connectivity index (χ1n) is 4.82. The van der Waals surface area contributed by atoms with Crippen molar-refractivity contribution in [1.82, 2.24) is 0 Å². The maximum absolute atomic E-state index is 11.3. The molecular weight excluding hydrogens is 210 g/mol. The third-order valence-electron chi connectivity index (χ3n) is 2.09. The van der Waals surface area contributed by atoms with E-state index in [-0.39, 0.29) is 12.5 Å². The molecule has 0 fully saturated rings. The van der Waals surface area contributed by atoms with Gasteiger partial charge in [-0.1, -0.05) is 23.5 Å². The van der Waals surface area contributed by atoms with Gasteiger partial charge in [0.2, 0.25) is 17.6 Å². The van der Waals surface area contributed by atoms with Crippen molar-refractivity contribution in [2.45, 2.75) is 13.5 Å². The van der Waals surface area contributed by atoms with Crippen LogP contribution < -0.4 is 4.57 Å². The summed E-state index contributed by atoms with van der Waals surface area (Å²) in [5, 5.41) is 0. The Morgan fingerprint density at radius 3 is 3.07 bits per heavy atom. The normalized spacial score (nSPS) is 10.5. The Balaban J connectivity index is 2.25. The Morgan fingerprint density at radius 1 is 1.47 bits per heavy atom. The molecule has 0 aliphatic heterocycles. The monoisotopic (exact) mass is 222 g/mol. The molecule has 4 heteroatoms. The zero-order valence-electron chi connectivity index (χ0n) is 8.47. The zero-order valence-corrected chi connectivity index (χ0v) is 9.29. The molecule has 1 aromatic carbocycles. The highest BCUT2D eigenvalue weighted by Crippen LogP contribution is 2.14. The summed E-state index contributed by atoms with van der Waals surface area (Å²) in [6.45, 7) is 2.54. The molecule has 0 N–H and O–H groups in total. The van der Waals surface area contributed by atoms with Crippen molar-refractivity contribution < 1.29 is 14.1 Å². The molecule has 15 heavy (non-hydrogen) atoms. The Hall–Kier alpha value is -1.42. The van der Waals surface area contributed by atoms with E-state index in [0.717, 1.165) is 5.52 Å². The summed E-state index contributed by atoms with van der Waals surface area (Å²) in [5.74, 6) is -0.189. The third kappa shape index (κ3) is 2.15. The van der Waals surface area contributed by atoms with Crippen molar-refractivity contribution in [2.24, 2.45) is 0 Å². The molecule has 0 amide bonds. The first-order chi connectivity index (χ1) is 7.31. The number of aromatic nitrogens is 1. The van der Waals surface area contributed by atoms with Crippen LogP contribution in [0.1, 0.15) is 6.92 Å². The van der Waals surface area contributed by atoms with Gasteiger partial charge in [-0.15, -0.1) is 0 Å². The van der Waals surface area contributed by atoms with Gasteiger partial charge >= 0.3 is 5.97 Å². The van der Waals surface area contributed by atoms with Crippen LogP contribution in [0.5, 0.6) is 0 Å². The number of para-hydroxylation sites is 1. The van der Waals surface area contributed by atoms with E-state index in [4.69, 9.17) is 4.74 Å². The van der Waals surface area contributed by atoms with Crippen LogP contribution in [0.2, 0.25) is 0 Å². The minimum Gasteiger partial charge on any atom is -0.461 e. The summed E-state index contributed by atoms with van der Waals surface area (Å²) in [6, 6.07) is 8.01. The Bertz CT molecular complexity index is 478. The summed E-state index contributed by atoms with van der Waals surface area (Å²) in [5.41, 5.74) is 3.03. The van der Waals surface area contributed by atoms with Gasteiger partial charge in [0.1, 0.15) is 4.70 Å². The van der Waals surface area contributed by atoms with E-state index in [1.54, 1.807) is 11.3 Å². The molecule has 1 heterocycles. The van der Waals surface area contributed by atoms with Gasteiger partial charge < -0.3 is 4.74 Å². The lowest BCUT2D eigenvalue weighted by molar-refractivity contribution is -0.655. The molecule has 2 aromatic rings. The van der Waals surface area contributed by atoms with Gasteiger partial charge in [0.15, 0.2) is 0 Å². The number of carbonyl (C=O) groups is 1. The van der Waals surface area contributed by atoms with Crippen LogP contribution in [-0.4, -0.2) is 12.6 Å². The second-order valence-corrected chi connectivity index (χ2v) is 4.01. The minimum absolute atomic E-state index is 0.189. The molecule has 0 spiro atoms. The quantitative estimate of drug-likeness (QED) is 0.585. The number of esters is 1. The first kappa shape index (κ1) is 10.1. The van der Waals surface area contributed by atoms with E-state index in [0.29, 0.717) is 6.61 Å². The molecule has 0 bridgehead atoms. The lowest BCUT2D eigenvalue weighted by atomic mass is 10.3. The number of thiazole rings is 1. The second-order valence-electron chi connectivity index (χ2n) is 3.12. The summed E-state index contributed by atoms with van der Waals surface area (Å²) < 4.78 is 8.01. The molecule has 0 aliphatic rings. The molecule has 0 radical (unpaired) electrons. The van der Waals surface area contributed by atoms with E-state index in [1.165, 1.54) is 4.70 Å². The highest BCUT2D eigenvalue weighted by molar-refractivity contribution is 7.16. The highest BCUT2D eigenvalue weighted by atomic mass is 32.1. The molecule has 1 aromatic heterocycles. The number of rotatable bonds is 3. The topological polar surface area (TPSA) is 30.2 Å². The standard InChI is InChI=1S/C11H12NO2S/c1-2-14-11(13)7-12-8-15-10-6-4-3-5-9(10)12/h3-6,8H,2,7H2,1H3/q+1. The molecule has 0 saturated heterocycles. The molecule has 3 nitrogen and oxygen atoms in total. The van der Waals surface area contributed by atoms with E-state index >= 15 is 0 Å². The Labute approximate surface area is 91.9 Å². The Morgan fingerprint density at radius 2 is 2.27 bits per heavy atom. The summed E-state index contributed by atoms with van der Waals surface area (Å²) in [7, 11) is 0. The van der Waals surface area contributed by atoms with Crippen molar-refractivity contribution >= 4 is 27.5 Å². The van der Waals surface area contributed by atoms with Gasteiger partial charge in [0.05, 0.1) is 6.61 Å². The van der Waals surface area contributed by atoms with Crippen LogP contribution in [0.3, 0.4) is 0 Å². The fraction of sp³-hybridized carbons (Fsp3) is 0.273. The number of fused-ring (bicyclic) bond motifs is 1. The average molecular weight is 222 g/mol. The largest absolute Gasteiger partial charge is 0.461 e. The fourth-order valence-corrected chi connectivity index (χ4v) is 2.33. The lowest BCUT2D eigenvalue weighted by Crippen LogP contribution is -2.36. The van der Waals surface area contributed by atoms with Crippen molar-refractivity contribution in [2.75, 3.05) is 6.61 Å². The second kappa shape index (κ2) is 4.40. The van der Waals surface area contributed by atoms with E-state index in [9.17, 15) is 4.79 Å². The van der Waals surface area contributed by atoms with Crippen LogP contribution in [0, 0.1) is 0 Å². The van der Waals surface area contributed by atoms with Crippen LogP contribution in [0.4, 0.5) is 0 Å². The van der Waals surface area contributed by atoms with Crippen LogP contribution in [0.25, 0.3) is 10.2 Å². The number of nitrogens with zero attached hydrogens (tertiary/aromatic N) is 1. The molecule has 2 rings (SSSR count). The molecule has 78 valence electrons. The van der Waals surface area contributed by atoms with Gasteiger partial charge in [-0.25, -0.2) is 4.79 Å². The number of hydrogen-bond acceptors (Lipinski definition) is 3. The van der Waals surface area contributed by atoms with Gasteiger partial charge in [0, 0.05) is 6.07 Å². The number of benzene rings is 1. The lowest BCUT2D eigenvalue weighted by Gasteiger charge is -1.96. The summed E-state index contributed by atoms with van der Waals surface area (Å²) in [4.78, 5) is 11.3. The third-order valence-corrected chi connectivity index (χ3v) is 3.05. The molecule has 0 saturated carbocycles. The first-order valence-corrected chi connectivity index (χ1v) is 5.70. The molecule has 0 atom stereocenters. The number of ether oxygens (including phenoxy) is 1. The van der Waals surface area contributed by atoms with Crippen molar-refractivity contribution in [3.63, 3.8) is 0 Å². The van der Waals surface area contributed by atoms with E-state index in [1.807, 2.05) is 41.3 Å². The van der Waals surface area contributed by atoms with E-state index in [2.05, 4.69) is 0 Å². The number of carbonyl (C=O) groups excluding carboxylic acids is 1. The summed E-state index contributed by atoms with van der Waals surface area (Å²) >= 11 is 1.63. The van der Waals surface area contributed by atoms with E-state index < -0.39 is 0 Å². The average Bonchev–Trinajstić information content (AvgIpc) is 2.62. The van der Waals surface area contributed by atoms with Gasteiger partial charge in [-0.3, -0.25) is 0 Å². The SMILES string of the molecule is CCOC(=O)C[n+]1csc2ccccc21. The van der Waals surface area contributed by atoms with Crippen LogP contribution >= 0.6 is 11.3 Å².